The normalized spacial score (nSPS) is 10.9. The van der Waals surface area contributed by atoms with Crippen LogP contribution in [0.2, 0.25) is 5.02 Å². The first-order valence-electron chi connectivity index (χ1n) is 14.1. The Morgan fingerprint density at radius 3 is 1.88 bits per heavy atom. The topological polar surface area (TPSA) is 63.1 Å². The van der Waals surface area contributed by atoms with E-state index in [9.17, 15) is 5.11 Å². The Kier molecular flexibility index (Phi) is 17.0. The minimum Gasteiger partial charge on any atom is -0.505 e. The van der Waals surface area contributed by atoms with Crippen LogP contribution in [0.4, 0.5) is 0 Å². The summed E-state index contributed by atoms with van der Waals surface area (Å²) in [5.41, 5.74) is 5.50. The van der Waals surface area contributed by atoms with Crippen molar-refractivity contribution in [1.29, 1.82) is 0 Å². The highest BCUT2D eigenvalue weighted by Crippen LogP contribution is 2.37. The maximum absolute atomic E-state index is 10.8. The van der Waals surface area contributed by atoms with E-state index >= 15 is 0 Å². The number of rotatable bonds is 5. The van der Waals surface area contributed by atoms with Crippen molar-refractivity contribution in [3.05, 3.63) is 82.3 Å². The lowest BCUT2D eigenvalue weighted by atomic mass is 9.84. The van der Waals surface area contributed by atoms with Crippen LogP contribution in [0.5, 0.6) is 5.75 Å². The van der Waals surface area contributed by atoms with Gasteiger partial charge in [-0.15, -0.1) is 0 Å². The molecule has 4 nitrogen and oxygen atoms in total. The van der Waals surface area contributed by atoms with Crippen LogP contribution in [-0.2, 0) is 10.2 Å². The summed E-state index contributed by atoms with van der Waals surface area (Å²) in [7, 11) is 0. The molecule has 2 aromatic heterocycles. The van der Waals surface area contributed by atoms with E-state index in [-0.39, 0.29) is 16.6 Å². The number of unbranched alkanes of at least 4 members (excludes halogenated alkanes) is 1. The third-order valence-corrected chi connectivity index (χ3v) is 6.38. The highest BCUT2D eigenvalue weighted by Gasteiger charge is 2.22. The van der Waals surface area contributed by atoms with Crippen LogP contribution in [0.15, 0.2) is 54.7 Å². The second kappa shape index (κ2) is 18.4. The zero-order chi connectivity index (χ0) is 30.9. The van der Waals surface area contributed by atoms with E-state index in [1.54, 1.807) is 0 Å². The van der Waals surface area contributed by atoms with Crippen molar-refractivity contribution in [2.45, 2.75) is 101 Å². The average molecular weight is 567 g/mol. The fourth-order valence-corrected chi connectivity index (χ4v) is 3.10. The molecular weight excluding hydrogens is 516 g/mol. The molecule has 0 atom stereocenters. The number of carbonyl (C=O) groups excluding carboxylic acids is 1. The number of pyridine rings is 2. The Morgan fingerprint density at radius 1 is 0.925 bits per heavy atom. The van der Waals surface area contributed by atoms with Gasteiger partial charge in [-0.05, 0) is 73.9 Å². The molecule has 0 spiro atoms. The van der Waals surface area contributed by atoms with Gasteiger partial charge in [-0.3, -0.25) is 4.98 Å². The van der Waals surface area contributed by atoms with E-state index in [0.29, 0.717) is 10.7 Å². The fourth-order valence-electron chi connectivity index (χ4n) is 2.98. The molecule has 2 heterocycles. The SMILES string of the molecule is CC=O.CCC(C)(C)/C=C/c1nc(-c2ccc(Cl)cc2)cc(C(C)(C)C)c1O.CCCC.Cc1ccc(C)nc1. The second-order valence-electron chi connectivity index (χ2n) is 11.4. The lowest BCUT2D eigenvalue weighted by Gasteiger charge is -2.23. The molecule has 0 unspecified atom stereocenters. The summed E-state index contributed by atoms with van der Waals surface area (Å²) in [6.45, 7) is 22.6. The Labute approximate surface area is 249 Å². The van der Waals surface area contributed by atoms with E-state index < -0.39 is 0 Å². The lowest BCUT2D eigenvalue weighted by molar-refractivity contribution is -0.106. The Bertz CT molecular complexity index is 1140. The first-order valence-corrected chi connectivity index (χ1v) is 14.5. The molecule has 0 aliphatic carbocycles. The zero-order valence-corrected chi connectivity index (χ0v) is 27.4. The van der Waals surface area contributed by atoms with Gasteiger partial charge in [-0.2, -0.15) is 0 Å². The predicted octanol–water partition coefficient (Wildman–Crippen LogP) is 10.6. The number of halogens is 1. The molecule has 0 amide bonds. The lowest BCUT2D eigenvalue weighted by Crippen LogP contribution is -2.13. The number of aromatic hydroxyl groups is 1. The Balaban J connectivity index is 0.000000827. The maximum Gasteiger partial charge on any atom is 0.144 e. The van der Waals surface area contributed by atoms with E-state index in [1.807, 2.05) is 62.5 Å². The summed E-state index contributed by atoms with van der Waals surface area (Å²) < 4.78 is 0. The minimum atomic E-state index is -0.183. The second-order valence-corrected chi connectivity index (χ2v) is 11.9. The molecule has 0 fully saturated rings. The van der Waals surface area contributed by atoms with Crippen molar-refractivity contribution in [3.63, 3.8) is 0 Å². The Hall–Kier alpha value is -2.98. The van der Waals surface area contributed by atoms with Gasteiger partial charge in [0.15, 0.2) is 0 Å². The molecule has 220 valence electrons. The number of nitrogens with zero attached hydrogens (tertiary/aromatic N) is 2. The van der Waals surface area contributed by atoms with Crippen LogP contribution < -0.4 is 0 Å². The number of aromatic nitrogens is 2. The van der Waals surface area contributed by atoms with Crippen LogP contribution in [-0.4, -0.2) is 21.4 Å². The van der Waals surface area contributed by atoms with Gasteiger partial charge < -0.3 is 9.90 Å². The number of benzene rings is 1. The average Bonchev–Trinajstić information content (AvgIpc) is 2.90. The van der Waals surface area contributed by atoms with Crippen molar-refractivity contribution in [3.8, 4) is 17.0 Å². The van der Waals surface area contributed by atoms with Crippen LogP contribution in [0.25, 0.3) is 17.3 Å². The van der Waals surface area contributed by atoms with Crippen LogP contribution in [0, 0.1) is 19.3 Å². The monoisotopic (exact) mass is 566 g/mol. The molecule has 0 saturated carbocycles. The molecule has 1 aromatic carbocycles. The molecule has 3 aromatic rings. The van der Waals surface area contributed by atoms with Crippen LogP contribution in [0.1, 0.15) is 104 Å². The first kappa shape index (κ1) is 37.0. The maximum atomic E-state index is 10.8. The number of aldehydes is 1. The molecule has 40 heavy (non-hydrogen) atoms. The van der Waals surface area contributed by atoms with Gasteiger partial charge in [0, 0.05) is 28.0 Å². The first-order chi connectivity index (χ1) is 18.6. The number of hydrogen-bond acceptors (Lipinski definition) is 4. The van der Waals surface area contributed by atoms with E-state index in [1.165, 1.54) is 25.3 Å². The van der Waals surface area contributed by atoms with Gasteiger partial charge in [-0.1, -0.05) is 104 Å². The van der Waals surface area contributed by atoms with E-state index in [4.69, 9.17) is 21.4 Å². The molecule has 0 saturated heterocycles. The number of allylic oxidation sites excluding steroid dienone is 1. The number of carbonyl (C=O) groups is 1. The van der Waals surface area contributed by atoms with E-state index in [0.717, 1.165) is 35.2 Å². The minimum absolute atomic E-state index is 0.0618. The van der Waals surface area contributed by atoms with E-state index in [2.05, 4.69) is 72.5 Å². The highest BCUT2D eigenvalue weighted by atomic mass is 35.5. The largest absolute Gasteiger partial charge is 0.505 e. The summed E-state index contributed by atoms with van der Waals surface area (Å²) >= 11 is 6.00. The summed E-state index contributed by atoms with van der Waals surface area (Å²) in [6, 6.07) is 13.7. The summed E-state index contributed by atoms with van der Waals surface area (Å²) in [4.78, 5) is 17.6. The third kappa shape index (κ3) is 14.4. The zero-order valence-electron chi connectivity index (χ0n) is 26.6. The predicted molar refractivity (Wildman–Crippen MR) is 174 cm³/mol. The molecule has 0 bridgehead atoms. The number of hydrogen-bond donors (Lipinski definition) is 1. The van der Waals surface area contributed by atoms with Gasteiger partial charge in [-0.25, -0.2) is 4.98 Å². The van der Waals surface area contributed by atoms with Gasteiger partial charge in [0.25, 0.3) is 0 Å². The number of aryl methyl sites for hydroxylation is 2. The molecule has 0 radical (unpaired) electrons. The van der Waals surface area contributed by atoms with Gasteiger partial charge in [0.1, 0.15) is 17.7 Å². The molecule has 0 aliphatic heterocycles. The van der Waals surface area contributed by atoms with Crippen LogP contribution >= 0.6 is 11.6 Å². The van der Waals surface area contributed by atoms with Crippen molar-refractivity contribution in [2.24, 2.45) is 5.41 Å². The summed E-state index contributed by atoms with van der Waals surface area (Å²) in [6.07, 6.45) is 10.3. The van der Waals surface area contributed by atoms with Crippen molar-refractivity contribution >= 4 is 24.0 Å². The van der Waals surface area contributed by atoms with Gasteiger partial charge >= 0.3 is 0 Å². The van der Waals surface area contributed by atoms with Crippen molar-refractivity contribution in [1.82, 2.24) is 9.97 Å². The quantitative estimate of drug-likeness (QED) is 0.312. The molecule has 5 heteroatoms. The third-order valence-electron chi connectivity index (χ3n) is 6.13. The summed E-state index contributed by atoms with van der Waals surface area (Å²) in [5.74, 6) is 0.258. The van der Waals surface area contributed by atoms with Crippen LogP contribution in [0.3, 0.4) is 0 Å². The van der Waals surface area contributed by atoms with Crippen molar-refractivity contribution in [2.75, 3.05) is 0 Å². The smallest absolute Gasteiger partial charge is 0.144 e. The summed E-state index contributed by atoms with van der Waals surface area (Å²) in [5, 5.41) is 11.5. The standard InChI is InChI=1S/C22H28ClNO.C7H9N.C4H10.C2H4O/c1-7-22(5,6)13-12-18-20(25)17(21(2,3)4)14-19(24-18)15-8-10-16(23)11-9-15;1-6-3-4-7(2)8-5-6;1-3-4-2;1-2-3/h8-14,25H,7H2,1-6H3;3-5H,1-2H3;3-4H2,1-2H3;2H,1H3/b13-12+;;;. The van der Waals surface area contributed by atoms with Gasteiger partial charge in [0.2, 0.25) is 0 Å². The Morgan fingerprint density at radius 2 is 1.48 bits per heavy atom. The molecular formula is C35H51ClN2O2. The van der Waals surface area contributed by atoms with Gasteiger partial charge in [0.05, 0.1) is 5.69 Å². The molecule has 3 rings (SSSR count). The fraction of sp³-hybridized carbons (Fsp3) is 0.457. The van der Waals surface area contributed by atoms with Crippen molar-refractivity contribution < 1.29 is 9.90 Å². The highest BCUT2D eigenvalue weighted by molar-refractivity contribution is 6.30. The molecule has 0 aliphatic rings. The molecule has 1 N–H and O–H groups in total.